The number of carbonyl (C=O) groups is 3. The van der Waals surface area contributed by atoms with Gasteiger partial charge in [-0.15, -0.1) is 0 Å². The molecule has 0 spiro atoms. The number of rotatable bonds is 3. The number of amides is 4. The monoisotopic (exact) mass is 341 g/mol. The van der Waals surface area contributed by atoms with Gasteiger partial charge >= 0.3 is 6.03 Å². The highest BCUT2D eigenvalue weighted by molar-refractivity contribution is 6.15. The standard InChI is InChI=1S/C19H23N3O3/c1-14-8-4-5-9-15(14)12-16-18(24)22(19(25)20-16)13-17(23)21-10-6-2-3-7-11-21/h4-5,8-9,12H,2-3,6-7,10-11,13H2,1H3,(H,20,25)/b16-12-. The molecule has 3 rings (SSSR count). The summed E-state index contributed by atoms with van der Waals surface area (Å²) in [6.07, 6.45) is 5.85. The van der Waals surface area contributed by atoms with Crippen molar-refractivity contribution in [3.63, 3.8) is 0 Å². The van der Waals surface area contributed by atoms with Crippen LogP contribution in [0.25, 0.3) is 6.08 Å². The summed E-state index contributed by atoms with van der Waals surface area (Å²) >= 11 is 0. The Morgan fingerprint density at radius 2 is 1.80 bits per heavy atom. The van der Waals surface area contributed by atoms with E-state index in [4.69, 9.17) is 0 Å². The summed E-state index contributed by atoms with van der Waals surface area (Å²) in [5.74, 6) is -0.612. The van der Waals surface area contributed by atoms with Crippen LogP contribution >= 0.6 is 0 Å². The molecule has 4 amide bonds. The van der Waals surface area contributed by atoms with E-state index in [-0.39, 0.29) is 18.1 Å². The van der Waals surface area contributed by atoms with E-state index in [0.717, 1.165) is 41.7 Å². The quantitative estimate of drug-likeness (QED) is 0.677. The molecule has 132 valence electrons. The van der Waals surface area contributed by atoms with Crippen molar-refractivity contribution in [1.29, 1.82) is 0 Å². The highest BCUT2D eigenvalue weighted by atomic mass is 16.2. The summed E-state index contributed by atoms with van der Waals surface area (Å²) in [7, 11) is 0. The molecule has 25 heavy (non-hydrogen) atoms. The minimum Gasteiger partial charge on any atom is -0.341 e. The van der Waals surface area contributed by atoms with Crippen molar-refractivity contribution in [3.8, 4) is 0 Å². The lowest BCUT2D eigenvalue weighted by atomic mass is 10.1. The molecule has 0 saturated carbocycles. The number of nitrogens with one attached hydrogen (secondary N) is 1. The molecule has 0 aromatic heterocycles. The second kappa shape index (κ2) is 7.51. The maximum atomic E-state index is 12.5. The van der Waals surface area contributed by atoms with E-state index < -0.39 is 11.9 Å². The maximum absolute atomic E-state index is 12.5. The largest absolute Gasteiger partial charge is 0.341 e. The molecule has 2 aliphatic heterocycles. The molecule has 6 nitrogen and oxygen atoms in total. The van der Waals surface area contributed by atoms with Gasteiger partial charge in [-0.25, -0.2) is 9.69 Å². The van der Waals surface area contributed by atoms with Gasteiger partial charge in [-0.1, -0.05) is 37.1 Å². The molecule has 1 aromatic carbocycles. The normalized spacial score (nSPS) is 20.0. The first-order valence-electron chi connectivity index (χ1n) is 8.74. The number of nitrogens with zero attached hydrogens (tertiary/aromatic N) is 2. The Labute approximate surface area is 147 Å². The fourth-order valence-corrected chi connectivity index (χ4v) is 3.17. The van der Waals surface area contributed by atoms with Crippen LogP contribution in [0.3, 0.4) is 0 Å². The SMILES string of the molecule is Cc1ccccc1/C=C1\NC(=O)N(CC(=O)N2CCCCCC2)C1=O. The first kappa shape index (κ1) is 17.2. The molecule has 2 saturated heterocycles. The van der Waals surface area contributed by atoms with Gasteiger partial charge in [0, 0.05) is 13.1 Å². The third-order valence-electron chi connectivity index (χ3n) is 4.70. The molecule has 0 atom stereocenters. The zero-order valence-electron chi connectivity index (χ0n) is 14.5. The molecule has 6 heteroatoms. The minimum absolute atomic E-state index is 0.164. The van der Waals surface area contributed by atoms with Gasteiger partial charge < -0.3 is 10.2 Å². The summed E-state index contributed by atoms with van der Waals surface area (Å²) in [6, 6.07) is 7.08. The molecule has 1 N–H and O–H groups in total. The molecule has 0 bridgehead atoms. The van der Waals surface area contributed by atoms with Gasteiger partial charge in [0.1, 0.15) is 12.2 Å². The predicted octanol–water partition coefficient (Wildman–Crippen LogP) is 2.29. The Morgan fingerprint density at radius 1 is 1.12 bits per heavy atom. The van der Waals surface area contributed by atoms with Crippen LogP contribution < -0.4 is 5.32 Å². The molecule has 0 unspecified atom stereocenters. The smallest absolute Gasteiger partial charge is 0.329 e. The molecule has 2 heterocycles. The lowest BCUT2D eigenvalue weighted by Crippen LogP contribution is -2.43. The van der Waals surface area contributed by atoms with Crippen molar-refractivity contribution < 1.29 is 14.4 Å². The Balaban J connectivity index is 1.71. The zero-order chi connectivity index (χ0) is 17.8. The van der Waals surface area contributed by atoms with Gasteiger partial charge in [-0.2, -0.15) is 0 Å². The van der Waals surface area contributed by atoms with E-state index in [9.17, 15) is 14.4 Å². The number of hydrogen-bond acceptors (Lipinski definition) is 3. The fourth-order valence-electron chi connectivity index (χ4n) is 3.17. The highest BCUT2D eigenvalue weighted by Gasteiger charge is 2.35. The third kappa shape index (κ3) is 3.90. The van der Waals surface area contributed by atoms with Crippen LogP contribution in [-0.4, -0.2) is 47.3 Å². The van der Waals surface area contributed by atoms with Gasteiger partial charge in [0.15, 0.2) is 0 Å². The maximum Gasteiger partial charge on any atom is 0.329 e. The Bertz CT molecular complexity index is 718. The van der Waals surface area contributed by atoms with Crippen LogP contribution in [0.5, 0.6) is 0 Å². The minimum atomic E-state index is -0.534. The van der Waals surface area contributed by atoms with Crippen molar-refractivity contribution in [2.45, 2.75) is 32.6 Å². The van der Waals surface area contributed by atoms with Crippen molar-refractivity contribution in [1.82, 2.24) is 15.1 Å². The molecular weight excluding hydrogens is 318 g/mol. The van der Waals surface area contributed by atoms with Crippen molar-refractivity contribution >= 4 is 23.9 Å². The number of benzene rings is 1. The van der Waals surface area contributed by atoms with Crippen LogP contribution in [0.2, 0.25) is 0 Å². The lowest BCUT2D eigenvalue weighted by Gasteiger charge is -2.22. The second-order valence-corrected chi connectivity index (χ2v) is 6.53. The van der Waals surface area contributed by atoms with E-state index in [2.05, 4.69) is 5.32 Å². The lowest BCUT2D eigenvalue weighted by molar-refractivity contribution is -0.135. The number of aryl methyl sites for hydroxylation is 1. The van der Waals surface area contributed by atoms with Gasteiger partial charge in [0.05, 0.1) is 0 Å². The predicted molar refractivity (Wildman–Crippen MR) is 94.4 cm³/mol. The molecule has 1 aromatic rings. The van der Waals surface area contributed by atoms with Gasteiger partial charge in [0.2, 0.25) is 5.91 Å². The summed E-state index contributed by atoms with van der Waals surface area (Å²) in [5.41, 5.74) is 2.09. The van der Waals surface area contributed by atoms with E-state index in [1.165, 1.54) is 0 Å². The number of likely N-dealkylation sites (tertiary alicyclic amines) is 1. The molecule has 0 radical (unpaired) electrons. The molecule has 0 aliphatic carbocycles. The van der Waals surface area contributed by atoms with E-state index in [0.29, 0.717) is 13.1 Å². The topological polar surface area (TPSA) is 69.7 Å². The van der Waals surface area contributed by atoms with E-state index >= 15 is 0 Å². The second-order valence-electron chi connectivity index (χ2n) is 6.53. The van der Waals surface area contributed by atoms with Crippen LogP contribution in [0.4, 0.5) is 4.79 Å². The van der Waals surface area contributed by atoms with Crippen LogP contribution in [0, 0.1) is 6.92 Å². The average molecular weight is 341 g/mol. The third-order valence-corrected chi connectivity index (χ3v) is 4.70. The van der Waals surface area contributed by atoms with Crippen molar-refractivity contribution in [3.05, 3.63) is 41.1 Å². The van der Waals surface area contributed by atoms with Crippen LogP contribution in [-0.2, 0) is 9.59 Å². The first-order chi connectivity index (χ1) is 12.1. The van der Waals surface area contributed by atoms with Crippen molar-refractivity contribution in [2.75, 3.05) is 19.6 Å². The average Bonchev–Trinajstić information content (AvgIpc) is 2.80. The summed E-state index contributed by atoms with van der Waals surface area (Å²) in [4.78, 5) is 39.9. The number of carbonyl (C=O) groups excluding carboxylic acids is 3. The number of imide groups is 1. The molecular formula is C19H23N3O3. The van der Waals surface area contributed by atoms with Crippen LogP contribution in [0.15, 0.2) is 30.0 Å². The number of urea groups is 1. The Morgan fingerprint density at radius 3 is 2.48 bits per heavy atom. The van der Waals surface area contributed by atoms with E-state index in [1.807, 2.05) is 31.2 Å². The van der Waals surface area contributed by atoms with Gasteiger partial charge in [-0.05, 0) is 37.0 Å². The Hall–Kier alpha value is -2.63. The van der Waals surface area contributed by atoms with Crippen molar-refractivity contribution in [2.24, 2.45) is 0 Å². The zero-order valence-corrected chi connectivity index (χ0v) is 14.5. The summed E-state index contributed by atoms with van der Waals surface area (Å²) in [6.45, 7) is 3.15. The highest BCUT2D eigenvalue weighted by Crippen LogP contribution is 2.17. The van der Waals surface area contributed by atoms with Gasteiger partial charge in [-0.3, -0.25) is 9.59 Å². The van der Waals surface area contributed by atoms with Gasteiger partial charge in [0.25, 0.3) is 5.91 Å². The summed E-state index contributed by atoms with van der Waals surface area (Å²) in [5, 5.41) is 2.58. The first-order valence-corrected chi connectivity index (χ1v) is 8.74. The molecule has 2 fully saturated rings. The fraction of sp³-hybridized carbons (Fsp3) is 0.421. The van der Waals surface area contributed by atoms with E-state index in [1.54, 1.807) is 11.0 Å². The van der Waals surface area contributed by atoms with Crippen LogP contribution in [0.1, 0.15) is 36.8 Å². The molecule has 2 aliphatic rings. The number of hydrogen-bond donors (Lipinski definition) is 1. The Kier molecular flexibility index (Phi) is 5.16. The summed E-state index contributed by atoms with van der Waals surface area (Å²) < 4.78 is 0.